The Bertz CT molecular complexity index is 306. The lowest BCUT2D eigenvalue weighted by Crippen LogP contribution is -2.43. The molecule has 0 aromatic carbocycles. The molecule has 1 rings (SSSR count). The lowest BCUT2D eigenvalue weighted by Gasteiger charge is -2.25. The van der Waals surface area contributed by atoms with E-state index in [0.29, 0.717) is 13.0 Å². The number of amides is 1. The molecule has 1 aliphatic rings. The van der Waals surface area contributed by atoms with Crippen LogP contribution < -0.4 is 5.73 Å². The number of nitrogens with zero attached hydrogens (tertiary/aromatic N) is 3. The molecule has 0 saturated carbocycles. The monoisotopic (exact) mass is 256 g/mol. The third kappa shape index (κ3) is 3.87. The van der Waals surface area contributed by atoms with E-state index < -0.39 is 5.92 Å². The fraction of sp³-hybridized carbons (Fsp3) is 0.833. The van der Waals surface area contributed by atoms with E-state index in [1.165, 1.54) is 0 Å². The zero-order valence-corrected chi connectivity index (χ0v) is 11.3. The molecular weight excluding hydrogens is 232 g/mol. The van der Waals surface area contributed by atoms with Gasteiger partial charge in [0.25, 0.3) is 0 Å². The molecule has 1 fully saturated rings. The van der Waals surface area contributed by atoms with Gasteiger partial charge in [0.15, 0.2) is 5.84 Å². The number of oxime groups is 1. The van der Waals surface area contributed by atoms with Gasteiger partial charge in [-0.1, -0.05) is 18.5 Å². The van der Waals surface area contributed by atoms with Crippen molar-refractivity contribution in [2.45, 2.75) is 26.2 Å². The smallest absolute Gasteiger partial charge is 0.233 e. The number of likely N-dealkylation sites (N-methyl/N-ethyl adjacent to an activating group) is 1. The normalized spacial score (nSPS) is 20.6. The van der Waals surface area contributed by atoms with Crippen LogP contribution >= 0.6 is 0 Å². The molecule has 6 heteroatoms. The quantitative estimate of drug-likeness (QED) is 0.328. The fourth-order valence-corrected chi connectivity index (χ4v) is 2.24. The highest BCUT2D eigenvalue weighted by Gasteiger charge is 2.28. The molecule has 1 heterocycles. The minimum atomic E-state index is -0.483. The maximum atomic E-state index is 12.4. The fourth-order valence-electron chi connectivity index (χ4n) is 2.24. The van der Waals surface area contributed by atoms with Crippen LogP contribution in [0.2, 0.25) is 0 Å². The van der Waals surface area contributed by atoms with Crippen LogP contribution in [0.5, 0.6) is 0 Å². The zero-order chi connectivity index (χ0) is 13.5. The Morgan fingerprint density at radius 3 is 2.72 bits per heavy atom. The number of hydrogen-bond acceptors (Lipinski definition) is 4. The third-order valence-corrected chi connectivity index (χ3v) is 3.38. The molecule has 3 N–H and O–H groups in total. The van der Waals surface area contributed by atoms with E-state index in [0.717, 1.165) is 32.5 Å². The number of hydrogen-bond donors (Lipinski definition) is 2. The topological polar surface area (TPSA) is 82.2 Å². The molecule has 104 valence electrons. The molecule has 0 aromatic rings. The summed E-state index contributed by atoms with van der Waals surface area (Å²) in [5, 5.41) is 11.8. The summed E-state index contributed by atoms with van der Waals surface area (Å²) in [4.78, 5) is 16.4. The Kier molecular flexibility index (Phi) is 5.91. The Morgan fingerprint density at radius 1 is 1.39 bits per heavy atom. The van der Waals surface area contributed by atoms with E-state index >= 15 is 0 Å². The zero-order valence-electron chi connectivity index (χ0n) is 11.3. The third-order valence-electron chi connectivity index (χ3n) is 3.38. The predicted octanol–water partition coefficient (Wildman–Crippen LogP) is 0.313. The molecule has 1 amide bonds. The van der Waals surface area contributed by atoms with Crippen LogP contribution in [0.15, 0.2) is 5.16 Å². The second-order valence-corrected chi connectivity index (χ2v) is 4.85. The average molecular weight is 256 g/mol. The summed E-state index contributed by atoms with van der Waals surface area (Å²) in [6.07, 6.45) is 2.43. The van der Waals surface area contributed by atoms with Crippen molar-refractivity contribution in [3.05, 3.63) is 0 Å². The number of amidine groups is 1. The van der Waals surface area contributed by atoms with Gasteiger partial charge in [0.05, 0.1) is 5.92 Å². The van der Waals surface area contributed by atoms with Gasteiger partial charge in [-0.2, -0.15) is 0 Å². The summed E-state index contributed by atoms with van der Waals surface area (Å²) in [6, 6.07) is 0. The summed E-state index contributed by atoms with van der Waals surface area (Å²) in [7, 11) is 2.06. The largest absolute Gasteiger partial charge is 0.409 e. The van der Waals surface area contributed by atoms with E-state index in [1.807, 2.05) is 11.8 Å². The second kappa shape index (κ2) is 7.20. The predicted molar refractivity (Wildman–Crippen MR) is 70.5 cm³/mol. The van der Waals surface area contributed by atoms with Gasteiger partial charge in [0.1, 0.15) is 0 Å². The second-order valence-electron chi connectivity index (χ2n) is 4.85. The first-order chi connectivity index (χ1) is 8.60. The van der Waals surface area contributed by atoms with Crippen LogP contribution in [0.25, 0.3) is 0 Å². The molecule has 0 aromatic heterocycles. The minimum Gasteiger partial charge on any atom is -0.409 e. The average Bonchev–Trinajstić information content (AvgIpc) is 2.59. The van der Waals surface area contributed by atoms with E-state index in [4.69, 9.17) is 10.9 Å². The maximum absolute atomic E-state index is 12.4. The molecule has 1 saturated heterocycles. The van der Waals surface area contributed by atoms with Crippen LogP contribution in [0.4, 0.5) is 0 Å². The van der Waals surface area contributed by atoms with Gasteiger partial charge < -0.3 is 20.7 Å². The lowest BCUT2D eigenvalue weighted by atomic mass is 10.0. The SMILES string of the molecule is CCCC(C(=O)N1CCCN(C)CC1)C(N)=NO. The number of carbonyl (C=O) groups is 1. The van der Waals surface area contributed by atoms with Gasteiger partial charge in [-0.05, 0) is 26.4 Å². The van der Waals surface area contributed by atoms with Gasteiger partial charge in [-0.3, -0.25) is 4.79 Å². The molecule has 1 atom stereocenters. The van der Waals surface area contributed by atoms with E-state index in [2.05, 4.69) is 17.1 Å². The maximum Gasteiger partial charge on any atom is 0.233 e. The lowest BCUT2D eigenvalue weighted by molar-refractivity contribution is -0.133. The Balaban J connectivity index is 2.69. The van der Waals surface area contributed by atoms with Gasteiger partial charge >= 0.3 is 0 Å². The first-order valence-corrected chi connectivity index (χ1v) is 6.54. The Morgan fingerprint density at radius 2 is 2.11 bits per heavy atom. The molecule has 0 bridgehead atoms. The summed E-state index contributed by atoms with van der Waals surface area (Å²) in [5.41, 5.74) is 5.62. The molecule has 1 unspecified atom stereocenters. The Hall–Kier alpha value is -1.30. The van der Waals surface area contributed by atoms with Crippen LogP contribution in [0.1, 0.15) is 26.2 Å². The standard InChI is InChI=1S/C12H24N4O2/c1-3-5-10(11(13)14-18)12(17)16-7-4-6-15(2)8-9-16/h10,18H,3-9H2,1-2H3,(H2,13,14). The first-order valence-electron chi connectivity index (χ1n) is 6.54. The molecule has 1 aliphatic heterocycles. The molecule has 0 radical (unpaired) electrons. The van der Waals surface area contributed by atoms with E-state index in [9.17, 15) is 4.79 Å². The van der Waals surface area contributed by atoms with Crippen molar-refractivity contribution in [1.82, 2.24) is 9.80 Å². The van der Waals surface area contributed by atoms with Crippen LogP contribution in [0.3, 0.4) is 0 Å². The molecular formula is C12H24N4O2. The van der Waals surface area contributed by atoms with Crippen molar-refractivity contribution < 1.29 is 10.0 Å². The summed E-state index contributed by atoms with van der Waals surface area (Å²) in [6.45, 7) is 5.34. The van der Waals surface area contributed by atoms with Gasteiger partial charge in [-0.15, -0.1) is 0 Å². The highest BCUT2D eigenvalue weighted by atomic mass is 16.4. The van der Waals surface area contributed by atoms with E-state index in [1.54, 1.807) is 0 Å². The van der Waals surface area contributed by atoms with Gasteiger partial charge in [0, 0.05) is 19.6 Å². The number of carbonyl (C=O) groups excluding carboxylic acids is 1. The van der Waals surface area contributed by atoms with Crippen molar-refractivity contribution in [2.24, 2.45) is 16.8 Å². The summed E-state index contributed by atoms with van der Waals surface area (Å²) < 4.78 is 0. The van der Waals surface area contributed by atoms with Crippen molar-refractivity contribution >= 4 is 11.7 Å². The molecule has 6 nitrogen and oxygen atoms in total. The summed E-state index contributed by atoms with van der Waals surface area (Å²) in [5.74, 6) is -0.467. The van der Waals surface area contributed by atoms with Crippen LogP contribution in [0, 0.1) is 5.92 Å². The first kappa shape index (κ1) is 14.8. The van der Waals surface area contributed by atoms with Gasteiger partial charge in [0.2, 0.25) is 5.91 Å². The van der Waals surface area contributed by atoms with E-state index in [-0.39, 0.29) is 11.7 Å². The highest BCUT2D eigenvalue weighted by molar-refractivity contribution is 6.02. The number of nitrogens with two attached hydrogens (primary N) is 1. The van der Waals surface area contributed by atoms with Crippen LogP contribution in [-0.4, -0.2) is 60.0 Å². The van der Waals surface area contributed by atoms with Crippen molar-refractivity contribution in [2.75, 3.05) is 33.2 Å². The molecule has 0 spiro atoms. The van der Waals surface area contributed by atoms with Crippen LogP contribution in [-0.2, 0) is 4.79 Å². The van der Waals surface area contributed by atoms with Crippen molar-refractivity contribution in [3.63, 3.8) is 0 Å². The Labute approximate surface area is 108 Å². The van der Waals surface area contributed by atoms with Gasteiger partial charge in [-0.25, -0.2) is 0 Å². The molecule has 0 aliphatic carbocycles. The molecule has 18 heavy (non-hydrogen) atoms. The van der Waals surface area contributed by atoms with Crippen molar-refractivity contribution in [1.29, 1.82) is 0 Å². The summed E-state index contributed by atoms with van der Waals surface area (Å²) >= 11 is 0. The van der Waals surface area contributed by atoms with Crippen molar-refractivity contribution in [3.8, 4) is 0 Å². The minimum absolute atomic E-state index is 0.0116. The highest BCUT2D eigenvalue weighted by Crippen LogP contribution is 2.13. The number of rotatable bonds is 4.